The average molecular weight is 262 g/mol. The highest BCUT2D eigenvalue weighted by molar-refractivity contribution is 5.84. The van der Waals surface area contributed by atoms with E-state index in [1.54, 1.807) is 6.33 Å². The topological polar surface area (TPSA) is 69.7 Å². The van der Waals surface area contributed by atoms with Crippen LogP contribution in [0.1, 0.15) is 33.6 Å². The molecule has 0 radical (unpaired) electrons. The predicted octanol–water partition coefficient (Wildman–Crippen LogP) is 2.41. The molecule has 6 nitrogen and oxygen atoms in total. The van der Waals surface area contributed by atoms with Crippen LogP contribution in [0, 0.1) is 0 Å². The number of aromatic amines is 1. The van der Waals surface area contributed by atoms with E-state index in [4.69, 9.17) is 0 Å². The summed E-state index contributed by atoms with van der Waals surface area (Å²) in [5.41, 5.74) is 1.60. The predicted molar refractivity (Wildman–Crippen MR) is 78.6 cm³/mol. The molecule has 0 saturated heterocycles. The third-order valence-corrected chi connectivity index (χ3v) is 3.39. The first-order valence-corrected chi connectivity index (χ1v) is 6.85. The zero-order valence-electron chi connectivity index (χ0n) is 12.1. The van der Waals surface area contributed by atoms with Gasteiger partial charge in [0.1, 0.15) is 5.52 Å². The van der Waals surface area contributed by atoms with Gasteiger partial charge in [0.2, 0.25) is 5.95 Å². The summed E-state index contributed by atoms with van der Waals surface area (Å²) in [7, 11) is 2.06. The summed E-state index contributed by atoms with van der Waals surface area (Å²) < 4.78 is 0. The molecule has 2 aromatic rings. The molecule has 0 saturated carbocycles. The molecule has 0 amide bonds. The zero-order chi connectivity index (χ0) is 13.8. The molecule has 0 aliphatic rings. The number of imidazole rings is 1. The van der Waals surface area contributed by atoms with Crippen molar-refractivity contribution >= 4 is 22.9 Å². The molecule has 2 N–H and O–H groups in total. The molecule has 104 valence electrons. The number of aromatic nitrogens is 4. The van der Waals surface area contributed by atoms with E-state index < -0.39 is 0 Å². The zero-order valence-corrected chi connectivity index (χ0v) is 12.1. The number of nitrogens with zero attached hydrogens (tertiary/aromatic N) is 4. The van der Waals surface area contributed by atoms with Crippen molar-refractivity contribution < 1.29 is 0 Å². The number of H-pyrrole nitrogens is 1. The molecule has 1 atom stereocenters. The van der Waals surface area contributed by atoms with E-state index in [0.29, 0.717) is 17.6 Å². The summed E-state index contributed by atoms with van der Waals surface area (Å²) in [6, 6.07) is 0.417. The number of hydrogen-bond acceptors (Lipinski definition) is 5. The van der Waals surface area contributed by atoms with Crippen LogP contribution in [0.3, 0.4) is 0 Å². The Balaban J connectivity index is 2.41. The molecule has 19 heavy (non-hydrogen) atoms. The fraction of sp³-hybridized carbons (Fsp3) is 0.615. The molecule has 0 spiro atoms. The molecular formula is C13H22N6. The van der Waals surface area contributed by atoms with Crippen LogP contribution in [0.15, 0.2) is 6.33 Å². The summed E-state index contributed by atoms with van der Waals surface area (Å²) in [6.45, 7) is 7.33. The van der Waals surface area contributed by atoms with Crippen LogP contribution in [0.4, 0.5) is 11.8 Å². The molecule has 1 unspecified atom stereocenters. The molecule has 2 heterocycles. The molecule has 2 rings (SSSR count). The standard InChI is InChI=1S/C13H22N6/c1-5-7-14-13-17-11-10(15-8-16-11)12(18-13)19(4)9(3)6-2/h8-9H,5-7H2,1-4H3,(H2,14,15,16,17,18). The van der Waals surface area contributed by atoms with Crippen LogP contribution in [-0.2, 0) is 0 Å². The minimum Gasteiger partial charge on any atom is -0.355 e. The quantitative estimate of drug-likeness (QED) is 0.836. The molecule has 2 aromatic heterocycles. The highest BCUT2D eigenvalue weighted by atomic mass is 15.2. The van der Waals surface area contributed by atoms with Crippen LogP contribution in [0.25, 0.3) is 11.2 Å². The summed E-state index contributed by atoms with van der Waals surface area (Å²) in [4.78, 5) is 18.6. The van der Waals surface area contributed by atoms with Crippen molar-refractivity contribution in [2.45, 2.75) is 39.7 Å². The summed E-state index contributed by atoms with van der Waals surface area (Å²) in [6.07, 6.45) is 3.77. The van der Waals surface area contributed by atoms with E-state index in [-0.39, 0.29) is 0 Å². The largest absolute Gasteiger partial charge is 0.355 e. The Bertz CT molecular complexity index is 535. The van der Waals surface area contributed by atoms with Crippen molar-refractivity contribution in [2.75, 3.05) is 23.8 Å². The third kappa shape index (κ3) is 2.77. The fourth-order valence-corrected chi connectivity index (χ4v) is 1.87. The number of anilines is 2. The van der Waals surface area contributed by atoms with Gasteiger partial charge in [0.15, 0.2) is 11.5 Å². The lowest BCUT2D eigenvalue weighted by Gasteiger charge is -2.25. The van der Waals surface area contributed by atoms with Gasteiger partial charge in [-0.2, -0.15) is 9.97 Å². The van der Waals surface area contributed by atoms with Gasteiger partial charge in [0, 0.05) is 19.6 Å². The van der Waals surface area contributed by atoms with Crippen molar-refractivity contribution in [3.63, 3.8) is 0 Å². The van der Waals surface area contributed by atoms with Crippen molar-refractivity contribution in [1.29, 1.82) is 0 Å². The van der Waals surface area contributed by atoms with Gasteiger partial charge in [0.25, 0.3) is 0 Å². The van der Waals surface area contributed by atoms with Crippen molar-refractivity contribution in [1.82, 2.24) is 19.9 Å². The highest BCUT2D eigenvalue weighted by Gasteiger charge is 2.16. The first-order chi connectivity index (χ1) is 9.17. The monoisotopic (exact) mass is 262 g/mol. The van der Waals surface area contributed by atoms with E-state index in [2.05, 4.69) is 58.0 Å². The normalized spacial score (nSPS) is 12.6. The lowest BCUT2D eigenvalue weighted by atomic mass is 10.2. The van der Waals surface area contributed by atoms with Gasteiger partial charge in [-0.25, -0.2) is 4.98 Å². The van der Waals surface area contributed by atoms with Crippen molar-refractivity contribution in [2.24, 2.45) is 0 Å². The lowest BCUT2D eigenvalue weighted by Crippen LogP contribution is -2.29. The van der Waals surface area contributed by atoms with Gasteiger partial charge >= 0.3 is 0 Å². The molecule has 0 aliphatic carbocycles. The SMILES string of the molecule is CCCNc1nc(N(C)C(C)CC)c2[nH]cnc2n1. The molecule has 0 aromatic carbocycles. The minimum atomic E-state index is 0.417. The van der Waals surface area contributed by atoms with Gasteiger partial charge in [-0.15, -0.1) is 0 Å². The van der Waals surface area contributed by atoms with Crippen LogP contribution in [0.2, 0.25) is 0 Å². The molecule has 0 aliphatic heterocycles. The van der Waals surface area contributed by atoms with Gasteiger partial charge in [-0.1, -0.05) is 13.8 Å². The number of fused-ring (bicyclic) bond motifs is 1. The second-order valence-electron chi connectivity index (χ2n) is 4.77. The number of hydrogen-bond donors (Lipinski definition) is 2. The fourth-order valence-electron chi connectivity index (χ4n) is 1.87. The first kappa shape index (κ1) is 13.6. The van der Waals surface area contributed by atoms with E-state index in [0.717, 1.165) is 30.7 Å². The Morgan fingerprint density at radius 1 is 1.37 bits per heavy atom. The second-order valence-corrected chi connectivity index (χ2v) is 4.77. The average Bonchev–Trinajstić information content (AvgIpc) is 2.90. The van der Waals surface area contributed by atoms with Crippen molar-refractivity contribution in [3.8, 4) is 0 Å². The maximum atomic E-state index is 4.61. The Hall–Kier alpha value is -1.85. The van der Waals surface area contributed by atoms with E-state index >= 15 is 0 Å². The van der Waals surface area contributed by atoms with Gasteiger partial charge in [-0.05, 0) is 19.8 Å². The van der Waals surface area contributed by atoms with E-state index in [9.17, 15) is 0 Å². The molecule has 6 heteroatoms. The Morgan fingerprint density at radius 2 is 2.16 bits per heavy atom. The van der Waals surface area contributed by atoms with Gasteiger partial charge < -0.3 is 15.2 Å². The first-order valence-electron chi connectivity index (χ1n) is 6.85. The number of nitrogens with one attached hydrogen (secondary N) is 2. The van der Waals surface area contributed by atoms with E-state index in [1.807, 2.05) is 0 Å². The minimum absolute atomic E-state index is 0.417. The van der Waals surface area contributed by atoms with Crippen molar-refractivity contribution in [3.05, 3.63) is 6.33 Å². The van der Waals surface area contributed by atoms with Crippen LogP contribution in [0.5, 0.6) is 0 Å². The Morgan fingerprint density at radius 3 is 2.84 bits per heavy atom. The molecular weight excluding hydrogens is 240 g/mol. The second kappa shape index (κ2) is 5.86. The van der Waals surface area contributed by atoms with Gasteiger partial charge in [0.05, 0.1) is 6.33 Å². The maximum Gasteiger partial charge on any atom is 0.226 e. The number of rotatable bonds is 6. The van der Waals surface area contributed by atoms with Gasteiger partial charge in [-0.3, -0.25) is 0 Å². The van der Waals surface area contributed by atoms with Crippen LogP contribution < -0.4 is 10.2 Å². The van der Waals surface area contributed by atoms with E-state index in [1.165, 1.54) is 0 Å². The molecule has 0 fully saturated rings. The maximum absolute atomic E-state index is 4.61. The summed E-state index contributed by atoms with van der Waals surface area (Å²) in [5.74, 6) is 1.54. The third-order valence-electron chi connectivity index (χ3n) is 3.39. The smallest absolute Gasteiger partial charge is 0.226 e. The summed E-state index contributed by atoms with van der Waals surface area (Å²) >= 11 is 0. The van der Waals surface area contributed by atoms with Crippen LogP contribution >= 0.6 is 0 Å². The molecule has 0 bridgehead atoms. The highest BCUT2D eigenvalue weighted by Crippen LogP contribution is 2.23. The van der Waals surface area contributed by atoms with Crippen LogP contribution in [-0.4, -0.2) is 39.6 Å². The lowest BCUT2D eigenvalue weighted by molar-refractivity contribution is 0.658. The Kier molecular flexibility index (Phi) is 4.19. The Labute approximate surface area is 113 Å². The summed E-state index contributed by atoms with van der Waals surface area (Å²) in [5, 5.41) is 3.23.